The van der Waals surface area contributed by atoms with Crippen LogP contribution in [0.25, 0.3) is 0 Å². The van der Waals surface area contributed by atoms with Crippen LogP contribution in [0, 0.1) is 17.2 Å². The molecule has 1 aliphatic carbocycles. The van der Waals surface area contributed by atoms with Crippen LogP contribution in [0.3, 0.4) is 0 Å². The molecule has 0 saturated heterocycles. The zero-order valence-electron chi connectivity index (χ0n) is 10.3. The van der Waals surface area contributed by atoms with Crippen LogP contribution in [0.15, 0.2) is 24.3 Å². The van der Waals surface area contributed by atoms with Gasteiger partial charge in [0, 0.05) is 0 Å². The number of benzene rings is 1. The fraction of sp³-hybridized carbons (Fsp3) is 0.533. The van der Waals surface area contributed by atoms with Crippen LogP contribution in [0.4, 0.5) is 0 Å². The molecule has 2 unspecified atom stereocenters. The van der Waals surface area contributed by atoms with Crippen molar-refractivity contribution >= 4 is 0 Å². The minimum atomic E-state index is -0.722. The van der Waals surface area contributed by atoms with Crippen molar-refractivity contribution in [2.45, 2.75) is 44.6 Å². The van der Waals surface area contributed by atoms with Gasteiger partial charge >= 0.3 is 0 Å². The van der Waals surface area contributed by atoms with Crippen molar-refractivity contribution in [3.63, 3.8) is 0 Å². The Kier molecular flexibility index (Phi) is 3.49. The Labute approximate surface area is 103 Å². The zero-order valence-corrected chi connectivity index (χ0v) is 10.3. The second kappa shape index (κ2) is 4.89. The van der Waals surface area contributed by atoms with Gasteiger partial charge < -0.3 is 5.11 Å². The van der Waals surface area contributed by atoms with Gasteiger partial charge in [-0.15, -0.1) is 0 Å². The van der Waals surface area contributed by atoms with Gasteiger partial charge in [0.05, 0.1) is 17.2 Å². The highest BCUT2D eigenvalue weighted by atomic mass is 16.3. The molecule has 0 aliphatic heterocycles. The van der Waals surface area contributed by atoms with Gasteiger partial charge in [-0.25, -0.2) is 0 Å². The lowest BCUT2D eigenvalue weighted by atomic mass is 9.70. The van der Waals surface area contributed by atoms with Crippen molar-refractivity contribution in [1.82, 2.24) is 0 Å². The molecule has 0 spiro atoms. The SMILES string of the molecule is CCC1CCCCC1(O)c1cccc(C#N)c1. The molecule has 1 saturated carbocycles. The molecule has 1 fully saturated rings. The summed E-state index contributed by atoms with van der Waals surface area (Å²) >= 11 is 0. The Balaban J connectivity index is 2.38. The van der Waals surface area contributed by atoms with Gasteiger partial charge in [0.1, 0.15) is 0 Å². The molecular formula is C15H19NO. The Morgan fingerprint density at radius 3 is 3.00 bits per heavy atom. The van der Waals surface area contributed by atoms with E-state index < -0.39 is 5.60 Å². The standard InChI is InChI=1S/C15H19NO/c1-2-13-7-3-4-9-15(13,17)14-8-5-6-12(10-14)11-16/h5-6,8,10,13,17H,2-4,7,9H2,1H3. The summed E-state index contributed by atoms with van der Waals surface area (Å²) in [6, 6.07) is 9.60. The minimum absolute atomic E-state index is 0.324. The number of aliphatic hydroxyl groups is 1. The summed E-state index contributed by atoms with van der Waals surface area (Å²) in [6.07, 6.45) is 5.18. The van der Waals surface area contributed by atoms with Gasteiger partial charge in [-0.05, 0) is 36.5 Å². The first-order chi connectivity index (χ1) is 8.20. The quantitative estimate of drug-likeness (QED) is 0.845. The predicted molar refractivity (Wildman–Crippen MR) is 67.3 cm³/mol. The Hall–Kier alpha value is -1.33. The number of nitrogens with zero attached hydrogens (tertiary/aromatic N) is 1. The molecule has 0 aromatic heterocycles. The van der Waals surface area contributed by atoms with E-state index >= 15 is 0 Å². The average molecular weight is 229 g/mol. The lowest BCUT2D eigenvalue weighted by molar-refractivity contribution is -0.0557. The van der Waals surface area contributed by atoms with Crippen LogP contribution in [0.5, 0.6) is 0 Å². The fourth-order valence-corrected chi connectivity index (χ4v) is 3.01. The highest BCUT2D eigenvalue weighted by Gasteiger charge is 2.39. The topological polar surface area (TPSA) is 44.0 Å². The van der Waals surface area contributed by atoms with Crippen LogP contribution in [0.2, 0.25) is 0 Å². The molecule has 2 nitrogen and oxygen atoms in total. The van der Waals surface area contributed by atoms with E-state index in [4.69, 9.17) is 5.26 Å². The lowest BCUT2D eigenvalue weighted by Crippen LogP contribution is -2.37. The number of nitriles is 1. The summed E-state index contributed by atoms with van der Waals surface area (Å²) in [6.45, 7) is 2.13. The fourth-order valence-electron chi connectivity index (χ4n) is 3.01. The molecule has 1 aromatic carbocycles. The molecule has 1 aliphatic rings. The Bertz CT molecular complexity index is 435. The first-order valence-electron chi connectivity index (χ1n) is 6.43. The van der Waals surface area contributed by atoms with Crippen LogP contribution in [0.1, 0.15) is 50.2 Å². The molecule has 0 amide bonds. The van der Waals surface area contributed by atoms with Gasteiger partial charge in [0.25, 0.3) is 0 Å². The third kappa shape index (κ3) is 2.21. The Morgan fingerprint density at radius 1 is 1.47 bits per heavy atom. The van der Waals surface area contributed by atoms with Crippen LogP contribution in [-0.4, -0.2) is 5.11 Å². The van der Waals surface area contributed by atoms with Crippen molar-refractivity contribution in [3.8, 4) is 6.07 Å². The van der Waals surface area contributed by atoms with E-state index in [2.05, 4.69) is 13.0 Å². The summed E-state index contributed by atoms with van der Waals surface area (Å²) in [4.78, 5) is 0. The summed E-state index contributed by atoms with van der Waals surface area (Å²) in [5.74, 6) is 0.324. The highest BCUT2D eigenvalue weighted by Crippen LogP contribution is 2.43. The van der Waals surface area contributed by atoms with Gasteiger partial charge in [-0.2, -0.15) is 5.26 Å². The van der Waals surface area contributed by atoms with E-state index in [0.29, 0.717) is 11.5 Å². The Morgan fingerprint density at radius 2 is 2.29 bits per heavy atom. The molecule has 2 atom stereocenters. The molecule has 1 aromatic rings. The summed E-state index contributed by atoms with van der Waals surface area (Å²) in [7, 11) is 0. The molecule has 2 heteroatoms. The predicted octanol–water partition coefficient (Wildman–Crippen LogP) is 3.35. The van der Waals surface area contributed by atoms with Crippen LogP contribution >= 0.6 is 0 Å². The van der Waals surface area contributed by atoms with Gasteiger partial charge in [0.2, 0.25) is 0 Å². The maximum Gasteiger partial charge on any atom is 0.0991 e. The van der Waals surface area contributed by atoms with Crippen LogP contribution < -0.4 is 0 Å². The molecule has 0 heterocycles. The molecule has 2 rings (SSSR count). The summed E-state index contributed by atoms with van der Waals surface area (Å²) < 4.78 is 0. The smallest absolute Gasteiger partial charge is 0.0991 e. The monoisotopic (exact) mass is 229 g/mol. The number of rotatable bonds is 2. The van der Waals surface area contributed by atoms with E-state index in [1.807, 2.05) is 18.2 Å². The van der Waals surface area contributed by atoms with Gasteiger partial charge in [-0.3, -0.25) is 0 Å². The maximum atomic E-state index is 10.9. The molecule has 17 heavy (non-hydrogen) atoms. The normalized spacial score (nSPS) is 28.6. The molecule has 0 bridgehead atoms. The molecule has 0 radical (unpaired) electrons. The minimum Gasteiger partial charge on any atom is -0.385 e. The highest BCUT2D eigenvalue weighted by molar-refractivity contribution is 5.36. The summed E-state index contributed by atoms with van der Waals surface area (Å²) in [5, 5.41) is 19.8. The van der Waals surface area contributed by atoms with Crippen molar-refractivity contribution in [3.05, 3.63) is 35.4 Å². The van der Waals surface area contributed by atoms with Crippen molar-refractivity contribution in [2.75, 3.05) is 0 Å². The average Bonchev–Trinajstić information content (AvgIpc) is 2.39. The maximum absolute atomic E-state index is 10.9. The van der Waals surface area contributed by atoms with Gasteiger partial charge in [0.15, 0.2) is 0 Å². The second-order valence-corrected chi connectivity index (χ2v) is 4.97. The van der Waals surface area contributed by atoms with E-state index in [0.717, 1.165) is 31.2 Å². The van der Waals surface area contributed by atoms with E-state index in [9.17, 15) is 5.11 Å². The van der Waals surface area contributed by atoms with Crippen molar-refractivity contribution in [1.29, 1.82) is 5.26 Å². The zero-order chi connectivity index (χ0) is 12.3. The second-order valence-electron chi connectivity index (χ2n) is 4.97. The largest absolute Gasteiger partial charge is 0.385 e. The van der Waals surface area contributed by atoms with E-state index in [1.54, 1.807) is 6.07 Å². The number of hydrogen-bond donors (Lipinski definition) is 1. The third-order valence-electron chi connectivity index (χ3n) is 4.02. The van der Waals surface area contributed by atoms with Crippen molar-refractivity contribution in [2.24, 2.45) is 5.92 Å². The lowest BCUT2D eigenvalue weighted by Gasteiger charge is -2.40. The van der Waals surface area contributed by atoms with Crippen LogP contribution in [-0.2, 0) is 5.60 Å². The molecule has 1 N–H and O–H groups in total. The van der Waals surface area contributed by atoms with E-state index in [-0.39, 0.29) is 0 Å². The van der Waals surface area contributed by atoms with E-state index in [1.165, 1.54) is 6.42 Å². The summed E-state index contributed by atoms with van der Waals surface area (Å²) in [5.41, 5.74) is 0.833. The first kappa shape index (κ1) is 12.1. The molecule has 90 valence electrons. The third-order valence-corrected chi connectivity index (χ3v) is 4.02. The van der Waals surface area contributed by atoms with Gasteiger partial charge in [-0.1, -0.05) is 38.3 Å². The first-order valence-corrected chi connectivity index (χ1v) is 6.43. The number of hydrogen-bond acceptors (Lipinski definition) is 2. The molecular weight excluding hydrogens is 210 g/mol. The van der Waals surface area contributed by atoms with Crippen molar-refractivity contribution < 1.29 is 5.11 Å².